The van der Waals surface area contributed by atoms with Gasteiger partial charge in [-0.2, -0.15) is 0 Å². The highest BCUT2D eigenvalue weighted by Gasteiger charge is 2.26. The molecule has 0 N–H and O–H groups in total. The molecule has 4 aromatic rings. The normalized spacial score (nSPS) is 12.0. The summed E-state index contributed by atoms with van der Waals surface area (Å²) in [5.74, 6) is -0.393. The summed E-state index contributed by atoms with van der Waals surface area (Å²) < 4.78 is 15.2. The number of amides is 1. The Balaban J connectivity index is 1.93. The van der Waals surface area contributed by atoms with E-state index in [0.29, 0.717) is 34.5 Å². The average molecular weight is 450 g/mol. The summed E-state index contributed by atoms with van der Waals surface area (Å²) in [6, 6.07) is 19.5. The van der Waals surface area contributed by atoms with Crippen LogP contribution in [0, 0.1) is 5.82 Å². The zero-order valence-electron chi connectivity index (χ0n) is 17.6. The van der Waals surface area contributed by atoms with Crippen LogP contribution in [0.1, 0.15) is 36.1 Å². The summed E-state index contributed by atoms with van der Waals surface area (Å²) in [6.45, 7) is 4.10. The van der Waals surface area contributed by atoms with E-state index in [0.717, 1.165) is 0 Å². The molecule has 0 aliphatic carbocycles. The zero-order chi connectivity index (χ0) is 22.8. The third kappa shape index (κ3) is 3.89. The number of hydrogen-bond donors (Lipinski definition) is 0. The Morgan fingerprint density at radius 3 is 2.47 bits per heavy atom. The second-order valence-electron chi connectivity index (χ2n) is 7.36. The smallest absolute Gasteiger partial charge is 0.266 e. The highest BCUT2D eigenvalue weighted by molar-refractivity contribution is 6.30. The Morgan fingerprint density at radius 1 is 1.09 bits per heavy atom. The molecule has 32 heavy (non-hydrogen) atoms. The molecule has 0 bridgehead atoms. The lowest BCUT2D eigenvalue weighted by molar-refractivity contribution is 0.0693. The van der Waals surface area contributed by atoms with Gasteiger partial charge in [-0.05, 0) is 56.3 Å². The van der Waals surface area contributed by atoms with E-state index in [9.17, 15) is 14.0 Å². The van der Waals surface area contributed by atoms with Crippen molar-refractivity contribution in [3.8, 4) is 5.69 Å². The fourth-order valence-corrected chi connectivity index (χ4v) is 3.96. The van der Waals surface area contributed by atoms with Crippen LogP contribution >= 0.6 is 11.6 Å². The number of fused-ring (bicyclic) bond motifs is 1. The molecular formula is C25H21ClFN3O2. The number of carbonyl (C=O) groups excluding carboxylic acids is 1. The highest BCUT2D eigenvalue weighted by atomic mass is 35.5. The summed E-state index contributed by atoms with van der Waals surface area (Å²) in [5, 5.41) is 0.315. The number of aromatic nitrogens is 2. The van der Waals surface area contributed by atoms with Gasteiger partial charge in [-0.25, -0.2) is 9.37 Å². The Hall–Kier alpha value is -3.51. The first-order chi connectivity index (χ1) is 15.4. The van der Waals surface area contributed by atoms with Crippen molar-refractivity contribution in [3.63, 3.8) is 0 Å². The van der Waals surface area contributed by atoms with Crippen molar-refractivity contribution >= 4 is 28.4 Å². The third-order valence-electron chi connectivity index (χ3n) is 5.43. The van der Waals surface area contributed by atoms with Crippen LogP contribution in [0.5, 0.6) is 0 Å². The Bertz CT molecular complexity index is 1350. The van der Waals surface area contributed by atoms with Crippen LogP contribution in [-0.2, 0) is 0 Å². The molecule has 3 aromatic carbocycles. The van der Waals surface area contributed by atoms with Gasteiger partial charge in [-0.3, -0.25) is 14.2 Å². The molecule has 1 heterocycles. The van der Waals surface area contributed by atoms with Crippen molar-refractivity contribution in [3.05, 3.63) is 105 Å². The molecule has 4 rings (SSSR count). The van der Waals surface area contributed by atoms with Gasteiger partial charge in [0.1, 0.15) is 11.6 Å². The molecule has 5 nitrogen and oxygen atoms in total. The van der Waals surface area contributed by atoms with Gasteiger partial charge in [0.15, 0.2) is 0 Å². The van der Waals surface area contributed by atoms with Crippen LogP contribution in [-0.4, -0.2) is 26.9 Å². The summed E-state index contributed by atoms with van der Waals surface area (Å²) in [6.07, 6.45) is 0. The fraction of sp³-hybridized carbons (Fsp3) is 0.160. The molecule has 162 valence electrons. The minimum Gasteiger partial charge on any atom is -0.329 e. The minimum atomic E-state index is -0.582. The van der Waals surface area contributed by atoms with E-state index in [2.05, 4.69) is 0 Å². The molecule has 0 saturated heterocycles. The predicted molar refractivity (Wildman–Crippen MR) is 124 cm³/mol. The topological polar surface area (TPSA) is 55.2 Å². The number of hydrogen-bond acceptors (Lipinski definition) is 3. The number of rotatable bonds is 5. The minimum absolute atomic E-state index is 0.103. The zero-order valence-corrected chi connectivity index (χ0v) is 18.4. The van der Waals surface area contributed by atoms with Gasteiger partial charge >= 0.3 is 0 Å². The third-order valence-corrected chi connectivity index (χ3v) is 5.72. The first-order valence-electron chi connectivity index (χ1n) is 10.3. The van der Waals surface area contributed by atoms with Crippen molar-refractivity contribution in [2.75, 3.05) is 6.54 Å². The Labute approximate surface area is 189 Å². The van der Waals surface area contributed by atoms with E-state index < -0.39 is 11.9 Å². The number of nitrogens with zero attached hydrogens (tertiary/aromatic N) is 3. The van der Waals surface area contributed by atoms with E-state index in [1.54, 1.807) is 53.4 Å². The average Bonchev–Trinajstić information content (AvgIpc) is 2.82. The lowest BCUT2D eigenvalue weighted by atomic mass is 10.1. The quantitative estimate of drug-likeness (QED) is 0.410. The first-order valence-corrected chi connectivity index (χ1v) is 10.6. The van der Waals surface area contributed by atoms with Crippen LogP contribution in [0.2, 0.25) is 5.02 Å². The molecule has 1 aromatic heterocycles. The maximum absolute atomic E-state index is 13.8. The van der Waals surface area contributed by atoms with E-state index in [1.807, 2.05) is 19.9 Å². The number of carbonyl (C=O) groups is 1. The van der Waals surface area contributed by atoms with Crippen molar-refractivity contribution in [2.24, 2.45) is 0 Å². The van der Waals surface area contributed by atoms with Crippen LogP contribution in [0.4, 0.5) is 4.39 Å². The number of para-hydroxylation sites is 1. The predicted octanol–water partition coefficient (Wildman–Crippen LogP) is 5.40. The highest BCUT2D eigenvalue weighted by Crippen LogP contribution is 2.26. The van der Waals surface area contributed by atoms with E-state index in [4.69, 9.17) is 16.6 Å². The molecule has 0 radical (unpaired) electrons. The second kappa shape index (κ2) is 8.93. The van der Waals surface area contributed by atoms with Gasteiger partial charge < -0.3 is 4.90 Å². The van der Waals surface area contributed by atoms with Gasteiger partial charge in [0.25, 0.3) is 11.5 Å². The summed E-state index contributed by atoms with van der Waals surface area (Å²) in [5.41, 5.74) is 1.13. The standard InChI is InChI=1S/C25H21ClFN3O2/c1-3-29(24(31)17-9-5-4-6-10-17)16(2)23-28-22-12-8-7-11-19(22)25(32)30(23)18-13-14-21(27)20(26)15-18/h4-16H,3H2,1-2H3. The molecule has 1 unspecified atom stereocenters. The van der Waals surface area contributed by atoms with E-state index in [-0.39, 0.29) is 16.5 Å². The van der Waals surface area contributed by atoms with E-state index in [1.165, 1.54) is 22.8 Å². The van der Waals surface area contributed by atoms with Crippen LogP contribution in [0.3, 0.4) is 0 Å². The molecule has 0 fully saturated rings. The lowest BCUT2D eigenvalue weighted by Gasteiger charge is -2.29. The summed E-state index contributed by atoms with van der Waals surface area (Å²) in [4.78, 5) is 33.1. The van der Waals surface area contributed by atoms with Crippen LogP contribution in [0.25, 0.3) is 16.6 Å². The molecular weight excluding hydrogens is 429 g/mol. The van der Waals surface area contributed by atoms with Crippen molar-refractivity contribution in [2.45, 2.75) is 19.9 Å². The maximum atomic E-state index is 13.8. The van der Waals surface area contributed by atoms with Crippen LogP contribution in [0.15, 0.2) is 77.6 Å². The van der Waals surface area contributed by atoms with Gasteiger partial charge in [-0.15, -0.1) is 0 Å². The first kappa shape index (κ1) is 21.7. The van der Waals surface area contributed by atoms with Gasteiger partial charge in [-0.1, -0.05) is 41.9 Å². The summed E-state index contributed by atoms with van der Waals surface area (Å²) in [7, 11) is 0. The van der Waals surface area contributed by atoms with Gasteiger partial charge in [0.2, 0.25) is 0 Å². The lowest BCUT2D eigenvalue weighted by Crippen LogP contribution is -2.37. The Kier molecular flexibility index (Phi) is 6.06. The molecule has 1 amide bonds. The SMILES string of the molecule is CCN(C(=O)c1ccccc1)C(C)c1nc2ccccc2c(=O)n1-c1ccc(F)c(Cl)c1. The number of halogens is 2. The van der Waals surface area contributed by atoms with E-state index >= 15 is 0 Å². The maximum Gasteiger partial charge on any atom is 0.266 e. The Morgan fingerprint density at radius 2 is 1.78 bits per heavy atom. The molecule has 1 atom stereocenters. The van der Waals surface area contributed by atoms with Gasteiger partial charge in [0, 0.05) is 12.1 Å². The molecule has 0 spiro atoms. The fourth-order valence-electron chi connectivity index (χ4n) is 3.78. The van der Waals surface area contributed by atoms with Gasteiger partial charge in [0.05, 0.1) is 27.7 Å². The monoisotopic (exact) mass is 449 g/mol. The second-order valence-corrected chi connectivity index (χ2v) is 7.77. The summed E-state index contributed by atoms with van der Waals surface area (Å²) >= 11 is 6.01. The molecule has 0 aliphatic rings. The van der Waals surface area contributed by atoms with Crippen molar-refractivity contribution in [1.29, 1.82) is 0 Å². The van der Waals surface area contributed by atoms with Crippen LogP contribution < -0.4 is 5.56 Å². The number of benzene rings is 3. The molecule has 0 aliphatic heterocycles. The van der Waals surface area contributed by atoms with Crippen molar-refractivity contribution in [1.82, 2.24) is 14.5 Å². The van der Waals surface area contributed by atoms with Crippen molar-refractivity contribution < 1.29 is 9.18 Å². The molecule has 0 saturated carbocycles. The largest absolute Gasteiger partial charge is 0.329 e. The molecule has 7 heteroatoms.